The number of amides is 1. The van der Waals surface area contributed by atoms with Crippen LogP contribution in [0.2, 0.25) is 0 Å². The maximum atomic E-state index is 12.7. The molecule has 0 N–H and O–H groups in total. The van der Waals surface area contributed by atoms with Crippen molar-refractivity contribution < 1.29 is 23.8 Å². The average Bonchev–Trinajstić information content (AvgIpc) is 2.70. The van der Waals surface area contributed by atoms with E-state index >= 15 is 0 Å². The molecular formula is C23H27NO5. The zero-order chi connectivity index (χ0) is 21.0. The summed E-state index contributed by atoms with van der Waals surface area (Å²) >= 11 is 0. The largest absolute Gasteiger partial charge is 0.489 e. The normalized spacial score (nSPS) is 16.0. The lowest BCUT2D eigenvalue weighted by molar-refractivity contribution is -0.147. The molecule has 3 rings (SSSR count). The van der Waals surface area contributed by atoms with E-state index in [1.807, 2.05) is 48.5 Å². The van der Waals surface area contributed by atoms with E-state index in [0.29, 0.717) is 18.8 Å². The van der Waals surface area contributed by atoms with E-state index in [1.165, 1.54) is 12.0 Å². The van der Waals surface area contributed by atoms with E-state index < -0.39 is 23.7 Å². The van der Waals surface area contributed by atoms with E-state index in [-0.39, 0.29) is 6.54 Å². The highest BCUT2D eigenvalue weighted by Gasteiger charge is 2.37. The number of esters is 1. The summed E-state index contributed by atoms with van der Waals surface area (Å²) in [7, 11) is 1.33. The van der Waals surface area contributed by atoms with Gasteiger partial charge in [0.25, 0.3) is 0 Å². The van der Waals surface area contributed by atoms with Crippen molar-refractivity contribution in [3.05, 3.63) is 65.2 Å². The second kappa shape index (κ2) is 8.55. The fourth-order valence-corrected chi connectivity index (χ4v) is 3.25. The molecule has 2 aromatic rings. The lowest BCUT2D eigenvalue weighted by atomic mass is 9.94. The monoisotopic (exact) mass is 397 g/mol. The quantitative estimate of drug-likeness (QED) is 0.727. The van der Waals surface area contributed by atoms with Gasteiger partial charge in [0.2, 0.25) is 0 Å². The molecule has 154 valence electrons. The molecule has 0 aromatic heterocycles. The van der Waals surface area contributed by atoms with Gasteiger partial charge in [0.1, 0.15) is 24.0 Å². The number of carbonyl (C=O) groups is 2. The van der Waals surface area contributed by atoms with Gasteiger partial charge in [-0.15, -0.1) is 0 Å². The van der Waals surface area contributed by atoms with Gasteiger partial charge in [0.15, 0.2) is 0 Å². The second-order valence-corrected chi connectivity index (χ2v) is 8.06. The topological polar surface area (TPSA) is 65.1 Å². The molecule has 0 fully saturated rings. The average molecular weight is 397 g/mol. The summed E-state index contributed by atoms with van der Waals surface area (Å²) in [5, 5.41) is 0. The lowest BCUT2D eigenvalue weighted by Gasteiger charge is -2.36. The Kier molecular flexibility index (Phi) is 6.11. The molecule has 0 saturated heterocycles. The predicted molar refractivity (Wildman–Crippen MR) is 109 cm³/mol. The van der Waals surface area contributed by atoms with Crippen LogP contribution in [0.15, 0.2) is 48.5 Å². The number of methoxy groups -OCH3 is 1. The van der Waals surface area contributed by atoms with E-state index in [9.17, 15) is 9.59 Å². The Morgan fingerprint density at radius 1 is 1.07 bits per heavy atom. The molecule has 1 aliphatic heterocycles. The van der Waals surface area contributed by atoms with Crippen LogP contribution in [0, 0.1) is 0 Å². The third kappa shape index (κ3) is 5.28. The van der Waals surface area contributed by atoms with Crippen molar-refractivity contribution in [2.24, 2.45) is 0 Å². The van der Waals surface area contributed by atoms with E-state index in [4.69, 9.17) is 14.2 Å². The standard InChI is InChI=1S/C23H27NO5/c1-23(2,3)29-22(26)24-14-18-12-19(28-15-16-8-6-5-7-9-16)11-10-17(18)13-20(24)21(25)27-4/h5-12,20H,13-15H2,1-4H3/t20-/m1/s1. The van der Waals surface area contributed by atoms with Crippen LogP contribution in [0.5, 0.6) is 5.75 Å². The molecule has 0 radical (unpaired) electrons. The van der Waals surface area contributed by atoms with Crippen LogP contribution in [-0.2, 0) is 33.8 Å². The van der Waals surface area contributed by atoms with Gasteiger partial charge in [-0.1, -0.05) is 36.4 Å². The first-order valence-electron chi connectivity index (χ1n) is 9.63. The molecule has 0 bridgehead atoms. The number of hydrogen-bond donors (Lipinski definition) is 0. The maximum absolute atomic E-state index is 12.7. The van der Waals surface area contributed by atoms with Gasteiger partial charge >= 0.3 is 12.1 Å². The number of benzene rings is 2. The molecule has 0 saturated carbocycles. The van der Waals surface area contributed by atoms with Crippen molar-refractivity contribution in [3.8, 4) is 5.75 Å². The summed E-state index contributed by atoms with van der Waals surface area (Å²) in [5.41, 5.74) is 2.35. The van der Waals surface area contributed by atoms with Gasteiger partial charge in [-0.3, -0.25) is 4.90 Å². The smallest absolute Gasteiger partial charge is 0.411 e. The molecule has 1 aliphatic rings. The van der Waals surface area contributed by atoms with Crippen LogP contribution in [0.4, 0.5) is 4.79 Å². The van der Waals surface area contributed by atoms with Gasteiger partial charge in [-0.05, 0) is 49.6 Å². The zero-order valence-corrected chi connectivity index (χ0v) is 17.3. The van der Waals surface area contributed by atoms with Crippen molar-refractivity contribution in [3.63, 3.8) is 0 Å². The predicted octanol–water partition coefficient (Wildman–Crippen LogP) is 4.10. The highest BCUT2D eigenvalue weighted by molar-refractivity contribution is 5.82. The first kappa shape index (κ1) is 20.7. The summed E-state index contributed by atoms with van der Waals surface area (Å²) in [5.74, 6) is 0.263. The van der Waals surface area contributed by atoms with Crippen molar-refractivity contribution in [1.29, 1.82) is 0 Å². The molecule has 1 atom stereocenters. The second-order valence-electron chi connectivity index (χ2n) is 8.06. The Morgan fingerprint density at radius 3 is 2.45 bits per heavy atom. The molecule has 1 heterocycles. The van der Waals surface area contributed by atoms with Gasteiger partial charge < -0.3 is 14.2 Å². The van der Waals surface area contributed by atoms with Crippen LogP contribution in [0.1, 0.15) is 37.5 Å². The number of rotatable bonds is 4. The Balaban J connectivity index is 1.80. The van der Waals surface area contributed by atoms with Gasteiger partial charge in [-0.25, -0.2) is 9.59 Å². The fourth-order valence-electron chi connectivity index (χ4n) is 3.25. The minimum absolute atomic E-state index is 0.256. The Labute approximate surface area is 171 Å². The van der Waals surface area contributed by atoms with Crippen molar-refractivity contribution in [2.45, 2.75) is 52.0 Å². The first-order chi connectivity index (χ1) is 13.8. The lowest BCUT2D eigenvalue weighted by Crippen LogP contribution is -2.50. The van der Waals surface area contributed by atoms with E-state index in [0.717, 1.165) is 16.7 Å². The third-order valence-electron chi connectivity index (χ3n) is 4.66. The summed E-state index contributed by atoms with van der Waals surface area (Å²) in [6, 6.07) is 15.0. The highest BCUT2D eigenvalue weighted by Crippen LogP contribution is 2.29. The van der Waals surface area contributed by atoms with Crippen LogP contribution in [-0.4, -0.2) is 35.7 Å². The zero-order valence-electron chi connectivity index (χ0n) is 17.3. The molecule has 0 spiro atoms. The molecule has 0 unspecified atom stereocenters. The SMILES string of the molecule is COC(=O)[C@H]1Cc2ccc(OCc3ccccc3)cc2CN1C(=O)OC(C)(C)C. The van der Waals surface area contributed by atoms with Gasteiger partial charge in [0, 0.05) is 6.42 Å². The summed E-state index contributed by atoms with van der Waals surface area (Å²) in [6.45, 7) is 6.11. The minimum Gasteiger partial charge on any atom is -0.489 e. The Bertz CT molecular complexity index is 873. The minimum atomic E-state index is -0.710. The molecule has 1 amide bonds. The Morgan fingerprint density at radius 2 is 1.79 bits per heavy atom. The van der Waals surface area contributed by atoms with E-state index in [2.05, 4.69) is 0 Å². The van der Waals surface area contributed by atoms with Crippen molar-refractivity contribution in [2.75, 3.05) is 7.11 Å². The summed E-state index contributed by atoms with van der Waals surface area (Å²) in [4.78, 5) is 26.4. The number of ether oxygens (including phenoxy) is 3. The number of nitrogens with zero attached hydrogens (tertiary/aromatic N) is 1. The fraction of sp³-hybridized carbons (Fsp3) is 0.391. The molecule has 6 heteroatoms. The van der Waals surface area contributed by atoms with Crippen LogP contribution >= 0.6 is 0 Å². The molecular weight excluding hydrogens is 370 g/mol. The van der Waals surface area contributed by atoms with Gasteiger partial charge in [0.05, 0.1) is 13.7 Å². The highest BCUT2D eigenvalue weighted by atomic mass is 16.6. The molecule has 29 heavy (non-hydrogen) atoms. The van der Waals surface area contributed by atoms with Crippen LogP contribution in [0.25, 0.3) is 0 Å². The summed E-state index contributed by atoms with van der Waals surface area (Å²) in [6.07, 6.45) is -0.158. The first-order valence-corrected chi connectivity index (χ1v) is 9.63. The van der Waals surface area contributed by atoms with Crippen molar-refractivity contribution in [1.82, 2.24) is 4.90 Å². The number of carbonyl (C=O) groups excluding carboxylic acids is 2. The summed E-state index contributed by atoms with van der Waals surface area (Å²) < 4.78 is 16.3. The molecule has 2 aromatic carbocycles. The van der Waals surface area contributed by atoms with Gasteiger partial charge in [-0.2, -0.15) is 0 Å². The number of hydrogen-bond acceptors (Lipinski definition) is 5. The molecule has 6 nitrogen and oxygen atoms in total. The third-order valence-corrected chi connectivity index (χ3v) is 4.66. The molecule has 0 aliphatic carbocycles. The number of fused-ring (bicyclic) bond motifs is 1. The van der Waals surface area contributed by atoms with Crippen LogP contribution < -0.4 is 4.74 Å². The van der Waals surface area contributed by atoms with E-state index in [1.54, 1.807) is 20.8 Å². The van der Waals surface area contributed by atoms with Crippen LogP contribution in [0.3, 0.4) is 0 Å². The maximum Gasteiger partial charge on any atom is 0.411 e. The van der Waals surface area contributed by atoms with Crippen molar-refractivity contribution >= 4 is 12.1 Å². The Hall–Kier alpha value is -3.02.